The molecule has 8 heteroatoms. The number of benzene rings is 1. The normalized spacial score (nSPS) is 18.6. The third-order valence-corrected chi connectivity index (χ3v) is 7.27. The van der Waals surface area contributed by atoms with E-state index < -0.39 is 21.8 Å². The van der Waals surface area contributed by atoms with Crippen LogP contribution in [0.4, 0.5) is 0 Å². The van der Waals surface area contributed by atoms with Gasteiger partial charge < -0.3 is 9.32 Å². The molecule has 0 radical (unpaired) electrons. The third-order valence-electron chi connectivity index (χ3n) is 4.66. The molecule has 1 aliphatic rings. The van der Waals surface area contributed by atoms with Crippen LogP contribution < -0.4 is 5.43 Å². The van der Waals surface area contributed by atoms with E-state index >= 15 is 0 Å². The van der Waals surface area contributed by atoms with Crippen molar-refractivity contribution in [2.75, 3.05) is 11.5 Å². The van der Waals surface area contributed by atoms with Crippen molar-refractivity contribution in [1.82, 2.24) is 4.90 Å². The molecule has 1 aliphatic heterocycles. The standard InChI is InChI=1S/C19H17NO5S2/c21-16-10-18(25-17-6-2-1-5-15(16)17)19(22)20(11-14-4-3-8-26-14)13-7-9-27(23,24)12-13/h1-6,8,10,13H,7,9,11-12H2/t13-/m0/s1. The highest BCUT2D eigenvalue weighted by Crippen LogP contribution is 2.24. The van der Waals surface area contributed by atoms with Gasteiger partial charge in [0.2, 0.25) is 0 Å². The Labute approximate surface area is 160 Å². The van der Waals surface area contributed by atoms with Crippen LogP contribution in [0.15, 0.2) is 57.1 Å². The van der Waals surface area contributed by atoms with Crippen molar-refractivity contribution in [3.05, 3.63) is 68.7 Å². The summed E-state index contributed by atoms with van der Waals surface area (Å²) in [5.41, 5.74) is 0.0405. The summed E-state index contributed by atoms with van der Waals surface area (Å²) in [6.45, 7) is 0.285. The summed E-state index contributed by atoms with van der Waals surface area (Å²) < 4.78 is 29.5. The molecule has 2 aromatic heterocycles. The van der Waals surface area contributed by atoms with Crippen molar-refractivity contribution in [3.63, 3.8) is 0 Å². The topological polar surface area (TPSA) is 84.7 Å². The summed E-state index contributed by atoms with van der Waals surface area (Å²) >= 11 is 1.49. The summed E-state index contributed by atoms with van der Waals surface area (Å²) in [5, 5.41) is 2.31. The van der Waals surface area contributed by atoms with Crippen molar-refractivity contribution in [2.45, 2.75) is 19.0 Å². The smallest absolute Gasteiger partial charge is 0.290 e. The van der Waals surface area contributed by atoms with Crippen molar-refractivity contribution < 1.29 is 17.6 Å². The molecule has 1 saturated heterocycles. The van der Waals surface area contributed by atoms with Gasteiger partial charge in [-0.1, -0.05) is 18.2 Å². The van der Waals surface area contributed by atoms with E-state index in [-0.39, 0.29) is 29.2 Å². The van der Waals surface area contributed by atoms with Crippen molar-refractivity contribution >= 4 is 38.1 Å². The Morgan fingerprint density at radius 1 is 1.22 bits per heavy atom. The molecule has 140 valence electrons. The van der Waals surface area contributed by atoms with Crippen LogP contribution in [0, 0.1) is 0 Å². The first-order valence-corrected chi connectivity index (χ1v) is 11.2. The fraction of sp³-hybridized carbons (Fsp3) is 0.263. The Balaban J connectivity index is 1.73. The number of carbonyl (C=O) groups excluding carboxylic acids is 1. The highest BCUT2D eigenvalue weighted by Gasteiger charge is 2.36. The highest BCUT2D eigenvalue weighted by molar-refractivity contribution is 7.91. The van der Waals surface area contributed by atoms with Crippen LogP contribution in [-0.2, 0) is 16.4 Å². The molecule has 0 saturated carbocycles. The minimum atomic E-state index is -3.16. The summed E-state index contributed by atoms with van der Waals surface area (Å²) in [5.74, 6) is -0.539. The second kappa shape index (κ2) is 6.94. The SMILES string of the molecule is O=C(c1cc(=O)c2ccccc2o1)N(Cc1cccs1)[C@H]1CCS(=O)(=O)C1. The maximum atomic E-state index is 13.2. The number of para-hydroxylation sites is 1. The second-order valence-corrected chi connectivity index (χ2v) is 9.80. The molecule has 1 atom stereocenters. The number of hydrogen-bond acceptors (Lipinski definition) is 6. The molecule has 1 amide bonds. The molecule has 3 aromatic rings. The van der Waals surface area contributed by atoms with Gasteiger partial charge in [0, 0.05) is 17.0 Å². The average molecular weight is 403 g/mol. The summed E-state index contributed by atoms with van der Waals surface area (Å²) in [6, 6.07) is 11.3. The zero-order valence-corrected chi connectivity index (χ0v) is 16.0. The number of hydrogen-bond donors (Lipinski definition) is 0. The Morgan fingerprint density at radius 2 is 2.04 bits per heavy atom. The third kappa shape index (κ3) is 3.68. The van der Waals surface area contributed by atoms with Gasteiger partial charge in [0.25, 0.3) is 5.91 Å². The van der Waals surface area contributed by atoms with E-state index in [0.29, 0.717) is 17.4 Å². The number of carbonyl (C=O) groups is 1. The van der Waals surface area contributed by atoms with Crippen LogP contribution in [0.25, 0.3) is 11.0 Å². The van der Waals surface area contributed by atoms with E-state index in [9.17, 15) is 18.0 Å². The fourth-order valence-corrected chi connectivity index (χ4v) is 5.74. The minimum Gasteiger partial charge on any atom is -0.451 e. The minimum absolute atomic E-state index is 0.0631. The van der Waals surface area contributed by atoms with Gasteiger partial charge in [0.05, 0.1) is 23.4 Å². The quantitative estimate of drug-likeness (QED) is 0.669. The second-order valence-electron chi connectivity index (χ2n) is 6.54. The van der Waals surface area contributed by atoms with Crippen LogP contribution in [0.2, 0.25) is 0 Å². The Kier molecular flexibility index (Phi) is 4.61. The van der Waals surface area contributed by atoms with Crippen molar-refractivity contribution in [3.8, 4) is 0 Å². The Hall–Kier alpha value is -2.45. The molecule has 0 aliphatic carbocycles. The molecule has 27 heavy (non-hydrogen) atoms. The first kappa shape index (κ1) is 17.9. The number of thiophene rings is 1. The van der Waals surface area contributed by atoms with E-state index in [4.69, 9.17) is 4.42 Å². The molecule has 3 heterocycles. The van der Waals surface area contributed by atoms with E-state index in [0.717, 1.165) is 4.88 Å². The molecular weight excluding hydrogens is 386 g/mol. The summed E-state index contributed by atoms with van der Waals surface area (Å²) in [6.07, 6.45) is 0.386. The summed E-state index contributed by atoms with van der Waals surface area (Å²) in [7, 11) is -3.16. The van der Waals surface area contributed by atoms with Gasteiger partial charge in [0.1, 0.15) is 5.58 Å². The molecule has 4 rings (SSSR count). The van der Waals surface area contributed by atoms with Crippen LogP contribution >= 0.6 is 11.3 Å². The lowest BCUT2D eigenvalue weighted by atomic mass is 10.1. The highest BCUT2D eigenvalue weighted by atomic mass is 32.2. The largest absolute Gasteiger partial charge is 0.451 e. The number of nitrogens with zero attached hydrogens (tertiary/aromatic N) is 1. The van der Waals surface area contributed by atoms with Gasteiger partial charge in [-0.15, -0.1) is 11.3 Å². The Bertz CT molecular complexity index is 1150. The lowest BCUT2D eigenvalue weighted by Crippen LogP contribution is -2.40. The maximum Gasteiger partial charge on any atom is 0.290 e. The average Bonchev–Trinajstić information content (AvgIpc) is 3.28. The van der Waals surface area contributed by atoms with Gasteiger partial charge >= 0.3 is 0 Å². The van der Waals surface area contributed by atoms with Crippen LogP contribution in [0.3, 0.4) is 0 Å². The first-order chi connectivity index (χ1) is 12.9. The number of amides is 1. The number of rotatable bonds is 4. The zero-order chi connectivity index (χ0) is 19.0. The molecule has 0 unspecified atom stereocenters. The molecule has 0 bridgehead atoms. The predicted octanol–water partition coefficient (Wildman–Crippen LogP) is 2.68. The molecule has 1 aromatic carbocycles. The van der Waals surface area contributed by atoms with E-state index in [1.54, 1.807) is 24.3 Å². The van der Waals surface area contributed by atoms with E-state index in [1.807, 2.05) is 17.5 Å². The first-order valence-electron chi connectivity index (χ1n) is 8.50. The fourth-order valence-electron chi connectivity index (χ4n) is 3.31. The van der Waals surface area contributed by atoms with E-state index in [2.05, 4.69) is 0 Å². The number of fused-ring (bicyclic) bond motifs is 1. The molecule has 0 spiro atoms. The van der Waals surface area contributed by atoms with Crippen LogP contribution in [-0.4, -0.2) is 36.8 Å². The predicted molar refractivity (Wildman–Crippen MR) is 104 cm³/mol. The Morgan fingerprint density at radius 3 is 2.74 bits per heavy atom. The van der Waals surface area contributed by atoms with Gasteiger partial charge in [-0.3, -0.25) is 9.59 Å². The lowest BCUT2D eigenvalue weighted by Gasteiger charge is -2.27. The van der Waals surface area contributed by atoms with Gasteiger partial charge in [-0.25, -0.2) is 8.42 Å². The van der Waals surface area contributed by atoms with Crippen molar-refractivity contribution in [2.24, 2.45) is 0 Å². The molecule has 1 fully saturated rings. The lowest BCUT2D eigenvalue weighted by molar-refractivity contribution is 0.0651. The molecule has 6 nitrogen and oxygen atoms in total. The number of sulfone groups is 1. The van der Waals surface area contributed by atoms with Crippen LogP contribution in [0.5, 0.6) is 0 Å². The zero-order valence-electron chi connectivity index (χ0n) is 14.3. The summed E-state index contributed by atoms with van der Waals surface area (Å²) in [4.78, 5) is 28.0. The molecule has 0 N–H and O–H groups in total. The van der Waals surface area contributed by atoms with Crippen molar-refractivity contribution in [1.29, 1.82) is 0 Å². The maximum absolute atomic E-state index is 13.2. The van der Waals surface area contributed by atoms with Crippen LogP contribution in [0.1, 0.15) is 21.9 Å². The van der Waals surface area contributed by atoms with Gasteiger partial charge in [-0.2, -0.15) is 0 Å². The monoisotopic (exact) mass is 403 g/mol. The van der Waals surface area contributed by atoms with Gasteiger partial charge in [-0.05, 0) is 30.0 Å². The van der Waals surface area contributed by atoms with Gasteiger partial charge in [0.15, 0.2) is 21.0 Å². The molecular formula is C19H17NO5S2. The van der Waals surface area contributed by atoms with E-state index in [1.165, 1.54) is 22.3 Å².